The Hall–Kier alpha value is -2.32. The van der Waals surface area contributed by atoms with Crippen LogP contribution < -0.4 is 4.74 Å². The van der Waals surface area contributed by atoms with Crippen molar-refractivity contribution in [2.75, 3.05) is 13.9 Å². The molecule has 0 aliphatic carbocycles. The normalized spacial score (nSPS) is 12.3. The highest BCUT2D eigenvalue weighted by molar-refractivity contribution is 5.52. The van der Waals surface area contributed by atoms with Crippen molar-refractivity contribution in [2.45, 2.75) is 12.8 Å². The molecule has 1 atom stereocenters. The van der Waals surface area contributed by atoms with Gasteiger partial charge in [-0.1, -0.05) is 60.2 Å². The van der Waals surface area contributed by atoms with E-state index in [4.69, 9.17) is 9.47 Å². The van der Waals surface area contributed by atoms with Crippen molar-refractivity contribution in [1.82, 2.24) is 0 Å². The fourth-order valence-corrected chi connectivity index (χ4v) is 2.13. The Morgan fingerprint density at radius 1 is 1.05 bits per heavy atom. The minimum absolute atomic E-state index is 0.178. The molecule has 0 radical (unpaired) electrons. The highest BCUT2D eigenvalue weighted by atomic mass is 16.7. The van der Waals surface area contributed by atoms with Crippen LogP contribution in [0.1, 0.15) is 22.6 Å². The summed E-state index contributed by atoms with van der Waals surface area (Å²) in [5.41, 5.74) is 3.64. The van der Waals surface area contributed by atoms with E-state index < -0.39 is 0 Å². The topological polar surface area (TPSA) is 18.5 Å². The van der Waals surface area contributed by atoms with E-state index in [9.17, 15) is 0 Å². The molecule has 2 rings (SSSR count). The van der Waals surface area contributed by atoms with Gasteiger partial charge in [0.25, 0.3) is 0 Å². The maximum Gasteiger partial charge on any atom is 0.188 e. The number of rotatable bonds is 7. The van der Waals surface area contributed by atoms with Crippen molar-refractivity contribution in [3.05, 3.63) is 84.0 Å². The Labute approximate surface area is 132 Å². The van der Waals surface area contributed by atoms with Gasteiger partial charge in [-0.05, 0) is 30.2 Å². The van der Waals surface area contributed by atoms with Crippen LogP contribution in [0.5, 0.6) is 5.75 Å². The molecule has 114 valence electrons. The lowest BCUT2D eigenvalue weighted by Crippen LogP contribution is -1.99. The molecule has 2 aromatic rings. The first-order chi connectivity index (χ1) is 10.7. The minimum Gasteiger partial charge on any atom is -0.468 e. The largest absolute Gasteiger partial charge is 0.468 e. The molecule has 0 aromatic heterocycles. The maximum atomic E-state index is 5.40. The molecule has 0 fully saturated rings. The fraction of sp³-hybridized carbons (Fsp3) is 0.200. The van der Waals surface area contributed by atoms with E-state index in [1.165, 1.54) is 16.7 Å². The molecular weight excluding hydrogens is 272 g/mol. The van der Waals surface area contributed by atoms with E-state index in [0.717, 1.165) is 5.75 Å². The Morgan fingerprint density at radius 2 is 1.73 bits per heavy atom. The number of benzene rings is 2. The van der Waals surface area contributed by atoms with Crippen LogP contribution in [0, 0.1) is 6.92 Å². The Balaban J connectivity index is 2.07. The quantitative estimate of drug-likeness (QED) is 0.531. The third kappa shape index (κ3) is 4.61. The lowest BCUT2D eigenvalue weighted by atomic mass is 9.97. The predicted molar refractivity (Wildman–Crippen MR) is 92.1 cm³/mol. The summed E-state index contributed by atoms with van der Waals surface area (Å²) < 4.78 is 10.3. The summed E-state index contributed by atoms with van der Waals surface area (Å²) in [6, 6.07) is 16.5. The van der Waals surface area contributed by atoms with Crippen LogP contribution >= 0.6 is 0 Å². The first-order valence-electron chi connectivity index (χ1n) is 7.32. The first kappa shape index (κ1) is 16.1. The first-order valence-corrected chi connectivity index (χ1v) is 7.32. The summed E-state index contributed by atoms with van der Waals surface area (Å²) in [4.78, 5) is 0. The molecule has 0 aliphatic heterocycles. The number of aryl methyl sites for hydroxylation is 1. The summed E-state index contributed by atoms with van der Waals surface area (Å²) in [7, 11) is 1.61. The molecule has 0 aliphatic rings. The van der Waals surface area contributed by atoms with Crippen LogP contribution in [0.15, 0.2) is 67.3 Å². The van der Waals surface area contributed by atoms with Gasteiger partial charge < -0.3 is 9.47 Å². The lowest BCUT2D eigenvalue weighted by molar-refractivity contribution is 0.0511. The van der Waals surface area contributed by atoms with Crippen LogP contribution in [0.4, 0.5) is 0 Å². The van der Waals surface area contributed by atoms with Gasteiger partial charge in [-0.15, -0.1) is 6.58 Å². The van der Waals surface area contributed by atoms with Crippen LogP contribution in [0.25, 0.3) is 6.08 Å². The summed E-state index contributed by atoms with van der Waals surface area (Å²) in [6.45, 7) is 6.29. The summed E-state index contributed by atoms with van der Waals surface area (Å²) in [5, 5.41) is 0. The van der Waals surface area contributed by atoms with E-state index in [-0.39, 0.29) is 12.7 Å². The van der Waals surface area contributed by atoms with Gasteiger partial charge in [-0.2, -0.15) is 0 Å². The van der Waals surface area contributed by atoms with Crippen LogP contribution in [0.2, 0.25) is 0 Å². The fourth-order valence-electron chi connectivity index (χ4n) is 2.13. The van der Waals surface area contributed by atoms with Gasteiger partial charge in [0.15, 0.2) is 6.79 Å². The van der Waals surface area contributed by atoms with E-state index in [1.54, 1.807) is 7.11 Å². The summed E-state index contributed by atoms with van der Waals surface area (Å²) in [5.74, 6) is 0.980. The van der Waals surface area contributed by atoms with Crippen molar-refractivity contribution >= 4 is 6.08 Å². The minimum atomic E-state index is 0.178. The Morgan fingerprint density at radius 3 is 2.32 bits per heavy atom. The van der Waals surface area contributed by atoms with Crippen molar-refractivity contribution in [3.8, 4) is 5.75 Å². The third-order valence-electron chi connectivity index (χ3n) is 3.44. The summed E-state index contributed by atoms with van der Waals surface area (Å²) in [6.07, 6.45) is 6.22. The number of allylic oxidation sites excluding steroid dienone is 2. The molecule has 0 bridgehead atoms. The second kappa shape index (κ2) is 8.20. The maximum absolute atomic E-state index is 5.40. The molecule has 0 N–H and O–H groups in total. The van der Waals surface area contributed by atoms with Gasteiger partial charge >= 0.3 is 0 Å². The molecule has 1 unspecified atom stereocenters. The Kier molecular flexibility index (Phi) is 5.99. The van der Waals surface area contributed by atoms with E-state index in [0.29, 0.717) is 0 Å². The van der Waals surface area contributed by atoms with Gasteiger partial charge in [0.1, 0.15) is 5.75 Å². The van der Waals surface area contributed by atoms with Crippen LogP contribution in [0.3, 0.4) is 0 Å². The molecule has 22 heavy (non-hydrogen) atoms. The second-order valence-electron chi connectivity index (χ2n) is 5.15. The van der Waals surface area contributed by atoms with Crippen LogP contribution in [-0.4, -0.2) is 13.9 Å². The standard InChI is InChI=1S/C20H22O2/c1-4-18(10-9-17-7-5-16(2)6-8-17)19-11-13-20(14-12-19)22-15-21-3/h4-14,18H,1,15H2,2-3H3/b10-9-. The zero-order valence-corrected chi connectivity index (χ0v) is 13.2. The summed E-state index contributed by atoms with van der Waals surface area (Å²) >= 11 is 0. The zero-order valence-electron chi connectivity index (χ0n) is 13.2. The second-order valence-corrected chi connectivity index (χ2v) is 5.15. The number of methoxy groups -OCH3 is 1. The molecule has 0 spiro atoms. The molecule has 0 amide bonds. The zero-order chi connectivity index (χ0) is 15.8. The van der Waals surface area contributed by atoms with Gasteiger partial charge in [0, 0.05) is 13.0 Å². The highest BCUT2D eigenvalue weighted by Crippen LogP contribution is 2.22. The predicted octanol–water partition coefficient (Wildman–Crippen LogP) is 4.96. The molecule has 2 heteroatoms. The van der Waals surface area contributed by atoms with Gasteiger partial charge in [0.2, 0.25) is 0 Å². The number of hydrogen-bond donors (Lipinski definition) is 0. The van der Waals surface area contributed by atoms with Gasteiger partial charge in [-0.3, -0.25) is 0 Å². The monoisotopic (exact) mass is 294 g/mol. The van der Waals surface area contributed by atoms with Crippen molar-refractivity contribution in [3.63, 3.8) is 0 Å². The van der Waals surface area contributed by atoms with Gasteiger partial charge in [0.05, 0.1) is 0 Å². The highest BCUT2D eigenvalue weighted by Gasteiger charge is 2.04. The average molecular weight is 294 g/mol. The molecule has 2 aromatic carbocycles. The third-order valence-corrected chi connectivity index (χ3v) is 3.44. The number of hydrogen-bond acceptors (Lipinski definition) is 2. The molecular formula is C20H22O2. The molecule has 2 nitrogen and oxygen atoms in total. The SMILES string of the molecule is C=CC(/C=C\c1ccc(C)cc1)c1ccc(OCOC)cc1. The van der Waals surface area contributed by atoms with Crippen molar-refractivity contribution in [2.24, 2.45) is 0 Å². The average Bonchev–Trinajstić information content (AvgIpc) is 2.56. The lowest BCUT2D eigenvalue weighted by Gasteiger charge is -2.10. The van der Waals surface area contributed by atoms with Crippen molar-refractivity contribution in [1.29, 1.82) is 0 Å². The molecule has 0 heterocycles. The van der Waals surface area contributed by atoms with Gasteiger partial charge in [-0.25, -0.2) is 0 Å². The van der Waals surface area contributed by atoms with E-state index in [2.05, 4.69) is 62.1 Å². The smallest absolute Gasteiger partial charge is 0.188 e. The Bertz CT molecular complexity index is 609. The van der Waals surface area contributed by atoms with Crippen LogP contribution in [-0.2, 0) is 4.74 Å². The van der Waals surface area contributed by atoms with E-state index >= 15 is 0 Å². The molecule has 0 saturated heterocycles. The number of ether oxygens (including phenoxy) is 2. The molecule has 0 saturated carbocycles. The van der Waals surface area contributed by atoms with E-state index in [1.807, 2.05) is 18.2 Å². The van der Waals surface area contributed by atoms with Crippen molar-refractivity contribution < 1.29 is 9.47 Å².